The number of aromatic nitrogens is 2. The highest BCUT2D eigenvalue weighted by Gasteiger charge is 2.12. The van der Waals surface area contributed by atoms with Gasteiger partial charge in [0.25, 0.3) is 5.91 Å². The van der Waals surface area contributed by atoms with Crippen molar-refractivity contribution in [2.24, 2.45) is 7.05 Å². The van der Waals surface area contributed by atoms with Crippen LogP contribution in [0, 0.1) is 0 Å². The number of amides is 1. The Morgan fingerprint density at radius 2 is 2.14 bits per heavy atom. The molecule has 0 aliphatic rings. The topological polar surface area (TPSA) is 60.1 Å². The van der Waals surface area contributed by atoms with E-state index in [1.54, 1.807) is 18.2 Å². The van der Waals surface area contributed by atoms with Crippen molar-refractivity contribution in [3.63, 3.8) is 0 Å². The van der Waals surface area contributed by atoms with Crippen LogP contribution in [0.2, 0.25) is 0 Å². The van der Waals surface area contributed by atoms with Gasteiger partial charge in [0.05, 0.1) is 0 Å². The number of carbonyl (C=O) groups excluding carboxylic acids is 1. The summed E-state index contributed by atoms with van der Waals surface area (Å²) >= 11 is 0. The number of nitrogens with zero attached hydrogens (tertiary/aromatic N) is 2. The Morgan fingerprint density at radius 3 is 3.05 bits per heavy atom. The van der Waals surface area contributed by atoms with E-state index in [0.29, 0.717) is 16.8 Å². The quantitative estimate of drug-likeness (QED) is 0.614. The lowest BCUT2D eigenvalue weighted by Crippen LogP contribution is -2.12. The minimum atomic E-state index is -0.139. The predicted molar refractivity (Wildman–Crippen MR) is 84.9 cm³/mol. The second kappa shape index (κ2) is 4.73. The molecule has 0 radical (unpaired) electrons. The van der Waals surface area contributed by atoms with Gasteiger partial charge in [0.2, 0.25) is 0 Å². The maximum absolute atomic E-state index is 12.5. The third kappa shape index (κ3) is 1.95. The number of rotatable bonds is 2. The zero-order valence-corrected chi connectivity index (χ0v) is 11.9. The number of carbonyl (C=O) groups is 1. The van der Waals surface area contributed by atoms with E-state index < -0.39 is 0 Å². The molecule has 0 saturated carbocycles. The van der Waals surface area contributed by atoms with E-state index in [9.17, 15) is 4.79 Å². The van der Waals surface area contributed by atoms with Crippen molar-refractivity contribution in [3.8, 4) is 0 Å². The Hall–Kier alpha value is -3.08. The summed E-state index contributed by atoms with van der Waals surface area (Å²) in [4.78, 5) is 16.6. The molecule has 0 fully saturated rings. The molecule has 0 unspecified atom stereocenters. The lowest BCUT2D eigenvalue weighted by atomic mass is 10.1. The van der Waals surface area contributed by atoms with Crippen LogP contribution in [0.3, 0.4) is 0 Å². The van der Waals surface area contributed by atoms with Crippen LogP contribution in [0.5, 0.6) is 0 Å². The van der Waals surface area contributed by atoms with Gasteiger partial charge in [-0.15, -0.1) is 0 Å². The zero-order valence-electron chi connectivity index (χ0n) is 11.9. The number of oxazole rings is 1. The molecular weight excluding hydrogens is 278 g/mol. The summed E-state index contributed by atoms with van der Waals surface area (Å²) in [7, 11) is 1.96. The molecule has 2 heterocycles. The monoisotopic (exact) mass is 291 g/mol. The summed E-state index contributed by atoms with van der Waals surface area (Å²) in [6.45, 7) is 0. The third-order valence-corrected chi connectivity index (χ3v) is 3.76. The van der Waals surface area contributed by atoms with Crippen LogP contribution in [-0.4, -0.2) is 15.5 Å². The first-order valence-electron chi connectivity index (χ1n) is 6.91. The largest absolute Gasteiger partial charge is 0.443 e. The highest BCUT2D eigenvalue weighted by molar-refractivity contribution is 6.12. The average Bonchev–Trinajstić information content (AvgIpc) is 3.13. The van der Waals surface area contributed by atoms with Crippen molar-refractivity contribution in [3.05, 3.63) is 60.6 Å². The standard InChI is InChI=1S/C17H13N3O2/c1-20-8-7-12-13(3-2-4-15(12)20)17(21)19-11-5-6-16-14(9-11)18-10-22-16/h2-10H,1H3,(H,19,21). The lowest BCUT2D eigenvalue weighted by Gasteiger charge is -2.06. The molecule has 0 saturated heterocycles. The molecule has 108 valence electrons. The molecule has 2 aromatic heterocycles. The van der Waals surface area contributed by atoms with Crippen molar-refractivity contribution in [2.75, 3.05) is 5.32 Å². The molecule has 0 bridgehead atoms. The van der Waals surface area contributed by atoms with E-state index in [1.165, 1.54) is 6.39 Å². The molecule has 5 heteroatoms. The van der Waals surface area contributed by atoms with Crippen LogP contribution in [0.1, 0.15) is 10.4 Å². The summed E-state index contributed by atoms with van der Waals surface area (Å²) in [6.07, 6.45) is 3.34. The molecule has 4 rings (SSSR count). The molecule has 5 nitrogen and oxygen atoms in total. The van der Waals surface area contributed by atoms with Crippen LogP contribution in [0.4, 0.5) is 5.69 Å². The fourth-order valence-electron chi connectivity index (χ4n) is 2.63. The Bertz CT molecular complexity index is 997. The SMILES string of the molecule is Cn1ccc2c(C(=O)Nc3ccc4ocnc4c3)cccc21. The van der Waals surface area contributed by atoms with Crippen LogP contribution in [-0.2, 0) is 7.05 Å². The minimum absolute atomic E-state index is 0.139. The summed E-state index contributed by atoms with van der Waals surface area (Å²) in [6, 6.07) is 13.0. The maximum Gasteiger partial charge on any atom is 0.256 e. The number of aryl methyl sites for hydroxylation is 1. The number of anilines is 1. The van der Waals surface area contributed by atoms with E-state index in [1.807, 2.05) is 42.1 Å². The van der Waals surface area contributed by atoms with Gasteiger partial charge in [0.1, 0.15) is 5.52 Å². The highest BCUT2D eigenvalue weighted by Crippen LogP contribution is 2.22. The minimum Gasteiger partial charge on any atom is -0.443 e. The summed E-state index contributed by atoms with van der Waals surface area (Å²) in [5.74, 6) is -0.139. The Morgan fingerprint density at radius 1 is 1.23 bits per heavy atom. The van der Waals surface area contributed by atoms with Crippen molar-refractivity contribution in [2.45, 2.75) is 0 Å². The van der Waals surface area contributed by atoms with Crippen LogP contribution >= 0.6 is 0 Å². The summed E-state index contributed by atoms with van der Waals surface area (Å²) < 4.78 is 7.19. The average molecular weight is 291 g/mol. The van der Waals surface area contributed by atoms with Gasteiger partial charge in [-0.2, -0.15) is 0 Å². The first kappa shape index (κ1) is 12.6. The van der Waals surface area contributed by atoms with Crippen LogP contribution < -0.4 is 5.32 Å². The molecule has 22 heavy (non-hydrogen) atoms. The third-order valence-electron chi connectivity index (χ3n) is 3.76. The molecule has 0 atom stereocenters. The van der Waals surface area contributed by atoms with E-state index >= 15 is 0 Å². The fourth-order valence-corrected chi connectivity index (χ4v) is 2.63. The summed E-state index contributed by atoms with van der Waals surface area (Å²) in [5.41, 5.74) is 3.79. The van der Waals surface area contributed by atoms with E-state index in [4.69, 9.17) is 4.42 Å². The first-order valence-corrected chi connectivity index (χ1v) is 6.91. The van der Waals surface area contributed by atoms with Crippen LogP contribution in [0.15, 0.2) is 59.5 Å². The van der Waals surface area contributed by atoms with Crippen LogP contribution in [0.25, 0.3) is 22.0 Å². The van der Waals surface area contributed by atoms with Gasteiger partial charge in [-0.3, -0.25) is 4.79 Å². The number of nitrogens with one attached hydrogen (secondary N) is 1. The molecule has 2 aromatic carbocycles. The number of benzene rings is 2. The highest BCUT2D eigenvalue weighted by atomic mass is 16.3. The van der Waals surface area contributed by atoms with Gasteiger partial charge in [-0.25, -0.2) is 4.98 Å². The van der Waals surface area contributed by atoms with Crippen molar-refractivity contribution in [1.82, 2.24) is 9.55 Å². The molecule has 1 N–H and O–H groups in total. The molecule has 1 amide bonds. The number of fused-ring (bicyclic) bond motifs is 2. The Balaban J connectivity index is 1.71. The van der Waals surface area contributed by atoms with Gasteiger partial charge in [0.15, 0.2) is 12.0 Å². The number of hydrogen-bond acceptors (Lipinski definition) is 3. The normalized spacial score (nSPS) is 11.1. The van der Waals surface area contributed by atoms with Gasteiger partial charge in [0, 0.05) is 35.4 Å². The Kier molecular flexibility index (Phi) is 2.72. The van der Waals surface area contributed by atoms with E-state index in [2.05, 4.69) is 10.3 Å². The predicted octanol–water partition coefficient (Wildman–Crippen LogP) is 3.57. The lowest BCUT2D eigenvalue weighted by molar-refractivity contribution is 0.102. The Labute approximate surface area is 126 Å². The van der Waals surface area contributed by atoms with Crippen molar-refractivity contribution in [1.29, 1.82) is 0 Å². The van der Waals surface area contributed by atoms with Gasteiger partial charge < -0.3 is 14.3 Å². The summed E-state index contributed by atoms with van der Waals surface area (Å²) in [5, 5.41) is 3.85. The van der Waals surface area contributed by atoms with E-state index in [-0.39, 0.29) is 5.91 Å². The number of hydrogen-bond donors (Lipinski definition) is 1. The zero-order chi connectivity index (χ0) is 15.1. The fraction of sp³-hybridized carbons (Fsp3) is 0.0588. The smallest absolute Gasteiger partial charge is 0.256 e. The van der Waals surface area contributed by atoms with Gasteiger partial charge in [-0.05, 0) is 36.4 Å². The maximum atomic E-state index is 12.5. The van der Waals surface area contributed by atoms with Gasteiger partial charge in [-0.1, -0.05) is 6.07 Å². The molecule has 0 aliphatic heterocycles. The first-order chi connectivity index (χ1) is 10.7. The van der Waals surface area contributed by atoms with Gasteiger partial charge >= 0.3 is 0 Å². The van der Waals surface area contributed by atoms with E-state index in [0.717, 1.165) is 16.4 Å². The molecule has 0 aliphatic carbocycles. The van der Waals surface area contributed by atoms with Crippen molar-refractivity contribution < 1.29 is 9.21 Å². The molecular formula is C17H13N3O2. The second-order valence-electron chi connectivity index (χ2n) is 5.15. The molecule has 4 aromatic rings. The second-order valence-corrected chi connectivity index (χ2v) is 5.15. The van der Waals surface area contributed by atoms with Crippen molar-refractivity contribution >= 4 is 33.6 Å². The molecule has 0 spiro atoms.